The number of benzene rings is 2. The van der Waals surface area contributed by atoms with Crippen LogP contribution in [0.1, 0.15) is 76.2 Å². The second kappa shape index (κ2) is 11.8. The summed E-state index contributed by atoms with van der Waals surface area (Å²) >= 11 is 5.97. The lowest BCUT2D eigenvalue weighted by Gasteiger charge is -2.64. The average molecular weight is 620 g/mol. The summed E-state index contributed by atoms with van der Waals surface area (Å²) in [6.07, 6.45) is 3.45. The summed E-state index contributed by atoms with van der Waals surface area (Å²) in [5, 5.41) is 11.1. The van der Waals surface area contributed by atoms with Crippen molar-refractivity contribution in [1.29, 1.82) is 0 Å². The van der Waals surface area contributed by atoms with E-state index in [9.17, 15) is 9.59 Å². The zero-order valence-corrected chi connectivity index (χ0v) is 27.0. The molecule has 0 aromatic heterocycles. The minimum Gasteiger partial charge on any atom is -0.404 e. The molecule has 5 aliphatic rings. The van der Waals surface area contributed by atoms with E-state index in [0.717, 1.165) is 12.0 Å². The molecule has 2 aliphatic heterocycles. The molecule has 3 aliphatic carbocycles. The first-order chi connectivity index (χ1) is 20.9. The van der Waals surface area contributed by atoms with Crippen molar-refractivity contribution in [2.45, 2.75) is 90.0 Å². The Morgan fingerprint density at radius 1 is 1.07 bits per heavy atom. The van der Waals surface area contributed by atoms with Gasteiger partial charge in [-0.05, 0) is 79.2 Å². The van der Waals surface area contributed by atoms with Crippen molar-refractivity contribution in [2.24, 2.45) is 28.3 Å². The van der Waals surface area contributed by atoms with Crippen LogP contribution in [0.15, 0.2) is 59.8 Å². The number of carbonyl (C=O) groups excluding carboxylic acids is 2. The SMILES string of the molecule is CC(C)C[C@H](NC(=O)C1(Cc2ccccc2)CC(CNC(=O)c2ccc(Cl)cc2)=NO1)B1O[C@@H]2C[C@@H]3C[C@@H](C3(C)C)[C@]2(C)O1. The van der Waals surface area contributed by atoms with Gasteiger partial charge < -0.3 is 24.8 Å². The monoisotopic (exact) mass is 619 g/mol. The van der Waals surface area contributed by atoms with E-state index in [1.807, 2.05) is 30.3 Å². The van der Waals surface area contributed by atoms with Crippen molar-refractivity contribution >= 4 is 36.2 Å². The third-order valence-corrected chi connectivity index (χ3v) is 10.7. The number of hydrogen-bond acceptors (Lipinski definition) is 6. The van der Waals surface area contributed by atoms with Crippen molar-refractivity contribution in [1.82, 2.24) is 10.6 Å². The fourth-order valence-corrected chi connectivity index (χ4v) is 7.99. The van der Waals surface area contributed by atoms with Crippen LogP contribution in [0.3, 0.4) is 0 Å². The van der Waals surface area contributed by atoms with Gasteiger partial charge >= 0.3 is 7.12 Å². The van der Waals surface area contributed by atoms with Gasteiger partial charge in [0.1, 0.15) is 0 Å². The number of carbonyl (C=O) groups is 2. The van der Waals surface area contributed by atoms with Gasteiger partial charge in [-0.25, -0.2) is 0 Å². The number of halogens is 1. The molecule has 1 unspecified atom stereocenters. The van der Waals surface area contributed by atoms with Gasteiger partial charge in [0.2, 0.25) is 5.60 Å². The number of amides is 2. The van der Waals surface area contributed by atoms with Crippen molar-refractivity contribution in [3.63, 3.8) is 0 Å². The van der Waals surface area contributed by atoms with Gasteiger partial charge in [-0.15, -0.1) is 0 Å². The quantitative estimate of drug-likeness (QED) is 0.336. The highest BCUT2D eigenvalue weighted by atomic mass is 35.5. The minimum atomic E-state index is -1.27. The first-order valence-corrected chi connectivity index (χ1v) is 16.2. The summed E-state index contributed by atoms with van der Waals surface area (Å²) in [6, 6.07) is 16.5. The predicted molar refractivity (Wildman–Crippen MR) is 171 cm³/mol. The lowest BCUT2D eigenvalue weighted by molar-refractivity contribution is -0.199. The summed E-state index contributed by atoms with van der Waals surface area (Å²) in [5.74, 6) is 0.515. The molecule has 8 nitrogen and oxygen atoms in total. The molecular formula is C34H43BClN3O5. The van der Waals surface area contributed by atoms with E-state index in [1.165, 1.54) is 6.42 Å². The van der Waals surface area contributed by atoms with E-state index in [1.54, 1.807) is 24.3 Å². The molecule has 10 heteroatoms. The third kappa shape index (κ3) is 5.79. The van der Waals surface area contributed by atoms with E-state index in [-0.39, 0.29) is 47.8 Å². The smallest absolute Gasteiger partial charge is 0.404 e. The maximum atomic E-state index is 14.3. The van der Waals surface area contributed by atoms with Crippen LogP contribution in [0.2, 0.25) is 5.02 Å². The molecule has 7 rings (SSSR count). The molecule has 1 saturated heterocycles. The van der Waals surface area contributed by atoms with E-state index < -0.39 is 12.7 Å². The molecular weight excluding hydrogens is 577 g/mol. The van der Waals surface area contributed by atoms with Gasteiger partial charge in [0.25, 0.3) is 11.8 Å². The number of oxime groups is 1. The highest BCUT2D eigenvalue weighted by Gasteiger charge is 2.68. The Labute approximate surface area is 265 Å². The van der Waals surface area contributed by atoms with Gasteiger partial charge in [0.15, 0.2) is 0 Å². The molecule has 234 valence electrons. The van der Waals surface area contributed by atoms with Crippen LogP contribution in [0.5, 0.6) is 0 Å². The number of nitrogens with zero attached hydrogens (tertiary/aromatic N) is 1. The second-order valence-electron chi connectivity index (χ2n) is 14.3. The molecule has 0 radical (unpaired) electrons. The average Bonchev–Trinajstić information content (AvgIpc) is 3.57. The Balaban J connectivity index is 1.18. The van der Waals surface area contributed by atoms with Gasteiger partial charge in [-0.2, -0.15) is 0 Å². The molecule has 3 saturated carbocycles. The summed E-state index contributed by atoms with van der Waals surface area (Å²) < 4.78 is 13.4. The summed E-state index contributed by atoms with van der Waals surface area (Å²) in [4.78, 5) is 33.1. The first-order valence-electron chi connectivity index (χ1n) is 15.9. The highest BCUT2D eigenvalue weighted by molar-refractivity contribution is 6.48. The number of rotatable bonds is 10. The standard InChI is InChI=1S/C34H43BClN3O5/c1-21(2)15-29(35-42-28-17-24-16-27(32(24,3)4)33(28,5)43-35)38-31(41)34(18-22-9-7-6-8-10-22)19-26(39-44-34)20-37-30(40)23-11-13-25(36)14-12-23/h6-14,21,24,27-29H,15-20H2,1-5H3,(H,37,40)(H,38,41)/t24-,27-,28+,29-,33-,34?/m0/s1. The van der Waals surface area contributed by atoms with E-state index in [0.29, 0.717) is 46.9 Å². The highest BCUT2D eigenvalue weighted by Crippen LogP contribution is 2.65. The van der Waals surface area contributed by atoms with Gasteiger partial charge in [0, 0.05) is 23.4 Å². The molecule has 0 spiro atoms. The van der Waals surface area contributed by atoms with Crippen LogP contribution < -0.4 is 10.6 Å². The van der Waals surface area contributed by atoms with Crippen molar-refractivity contribution in [2.75, 3.05) is 6.54 Å². The Bertz CT molecular complexity index is 1420. The summed E-state index contributed by atoms with van der Waals surface area (Å²) in [5.41, 5.74) is 0.633. The van der Waals surface area contributed by atoms with E-state index in [4.69, 9.17) is 25.7 Å². The van der Waals surface area contributed by atoms with Crippen LogP contribution >= 0.6 is 11.6 Å². The van der Waals surface area contributed by atoms with Gasteiger partial charge in [-0.1, -0.05) is 74.8 Å². The summed E-state index contributed by atoms with van der Waals surface area (Å²) in [6.45, 7) is 11.3. The zero-order chi connectivity index (χ0) is 31.3. The fraction of sp³-hybridized carbons (Fsp3) is 0.559. The molecule has 2 heterocycles. The van der Waals surface area contributed by atoms with Gasteiger partial charge in [-0.3, -0.25) is 9.59 Å². The molecule has 2 amide bonds. The van der Waals surface area contributed by atoms with Crippen LogP contribution in [0.25, 0.3) is 0 Å². The molecule has 2 N–H and O–H groups in total. The maximum Gasteiger partial charge on any atom is 0.481 e. The van der Waals surface area contributed by atoms with Crippen LogP contribution in [-0.2, 0) is 25.4 Å². The number of nitrogens with one attached hydrogen (secondary N) is 2. The number of hydrogen-bond donors (Lipinski definition) is 2. The van der Waals surface area contributed by atoms with Crippen LogP contribution in [-0.4, -0.2) is 54.4 Å². The Morgan fingerprint density at radius 3 is 2.48 bits per heavy atom. The lowest BCUT2D eigenvalue weighted by Crippen LogP contribution is -2.65. The molecule has 2 aromatic carbocycles. The van der Waals surface area contributed by atoms with Gasteiger partial charge in [0.05, 0.1) is 29.9 Å². The van der Waals surface area contributed by atoms with Crippen LogP contribution in [0.4, 0.5) is 0 Å². The Hall–Kier alpha value is -2.88. The normalized spacial score (nSPS) is 30.6. The predicted octanol–water partition coefficient (Wildman–Crippen LogP) is 5.63. The fourth-order valence-electron chi connectivity index (χ4n) is 7.87. The Morgan fingerprint density at radius 2 is 1.80 bits per heavy atom. The molecule has 6 atom stereocenters. The summed E-state index contributed by atoms with van der Waals surface area (Å²) in [7, 11) is -0.541. The zero-order valence-electron chi connectivity index (χ0n) is 26.3. The van der Waals surface area contributed by atoms with Crippen molar-refractivity contribution in [3.8, 4) is 0 Å². The Kier molecular flexibility index (Phi) is 8.35. The molecule has 4 fully saturated rings. The second-order valence-corrected chi connectivity index (χ2v) is 14.8. The molecule has 2 aromatic rings. The van der Waals surface area contributed by atoms with Crippen molar-refractivity contribution < 1.29 is 23.7 Å². The van der Waals surface area contributed by atoms with Crippen LogP contribution in [0, 0.1) is 23.2 Å². The largest absolute Gasteiger partial charge is 0.481 e. The maximum absolute atomic E-state index is 14.3. The topological polar surface area (TPSA) is 98.3 Å². The first kappa shape index (κ1) is 31.1. The van der Waals surface area contributed by atoms with Crippen molar-refractivity contribution in [3.05, 3.63) is 70.7 Å². The van der Waals surface area contributed by atoms with E-state index >= 15 is 0 Å². The molecule has 2 bridgehead atoms. The van der Waals surface area contributed by atoms with E-state index in [2.05, 4.69) is 50.4 Å². The molecule has 44 heavy (non-hydrogen) atoms. The minimum absolute atomic E-state index is 0.0241. The lowest BCUT2D eigenvalue weighted by atomic mass is 9.43. The third-order valence-electron chi connectivity index (χ3n) is 10.5.